The second-order valence-electron chi connectivity index (χ2n) is 2.36. The molecule has 0 aliphatic rings. The van der Waals surface area contributed by atoms with Crippen LogP contribution in [0.25, 0.3) is 0 Å². The summed E-state index contributed by atoms with van der Waals surface area (Å²) < 4.78 is 0. The van der Waals surface area contributed by atoms with E-state index in [1.165, 1.54) is 18.6 Å². The van der Waals surface area contributed by atoms with Crippen LogP contribution in [-0.2, 0) is 0 Å². The summed E-state index contributed by atoms with van der Waals surface area (Å²) in [6.45, 7) is 6.67. The Morgan fingerprint density at radius 3 is 2.80 bits per heavy atom. The maximum Gasteiger partial charge on any atom is 0.0153 e. The van der Waals surface area contributed by atoms with Crippen molar-refractivity contribution in [2.75, 3.05) is 18.1 Å². The van der Waals surface area contributed by atoms with Crippen molar-refractivity contribution >= 4 is 11.8 Å². The molecule has 0 aromatic rings. The van der Waals surface area contributed by atoms with Gasteiger partial charge >= 0.3 is 0 Å². The molecular weight excluding hydrogens is 142 g/mol. The van der Waals surface area contributed by atoms with Crippen LogP contribution >= 0.6 is 11.8 Å². The van der Waals surface area contributed by atoms with Crippen LogP contribution in [0.3, 0.4) is 0 Å². The van der Waals surface area contributed by atoms with E-state index in [0.29, 0.717) is 6.54 Å². The third kappa shape index (κ3) is 6.17. The highest BCUT2D eigenvalue weighted by Gasteiger charge is 1.90. The second kappa shape index (κ2) is 7.16. The molecule has 0 amide bonds. The minimum atomic E-state index is 0.638. The van der Waals surface area contributed by atoms with E-state index in [1.54, 1.807) is 0 Å². The fraction of sp³-hybridized carbons (Fsp3) is 0.750. The van der Waals surface area contributed by atoms with Gasteiger partial charge in [0, 0.05) is 12.3 Å². The maximum atomic E-state index is 5.37. The number of nitrogens with two attached hydrogens (primary N) is 1. The van der Waals surface area contributed by atoms with Gasteiger partial charge in [0.25, 0.3) is 0 Å². The van der Waals surface area contributed by atoms with Gasteiger partial charge in [-0.1, -0.05) is 25.5 Å². The van der Waals surface area contributed by atoms with Crippen molar-refractivity contribution in [2.45, 2.75) is 19.8 Å². The summed E-state index contributed by atoms with van der Waals surface area (Å²) in [5, 5.41) is 0. The summed E-state index contributed by atoms with van der Waals surface area (Å²) in [5.41, 5.74) is 6.53. The third-order valence-corrected chi connectivity index (χ3v) is 2.43. The Balaban J connectivity index is 2.96. The van der Waals surface area contributed by atoms with Gasteiger partial charge in [-0.05, 0) is 12.2 Å². The standard InChI is InChI=1S/C8H17NS/c1-3-4-5-10-7-8(2)6-9/h2-7,9H2,1H3. The van der Waals surface area contributed by atoms with E-state index in [2.05, 4.69) is 13.5 Å². The Morgan fingerprint density at radius 2 is 2.30 bits per heavy atom. The van der Waals surface area contributed by atoms with Crippen molar-refractivity contribution in [1.29, 1.82) is 0 Å². The molecule has 1 nitrogen and oxygen atoms in total. The summed E-state index contributed by atoms with van der Waals surface area (Å²) >= 11 is 1.93. The molecule has 60 valence electrons. The molecule has 0 aliphatic carbocycles. The first-order chi connectivity index (χ1) is 4.81. The molecular formula is C8H17NS. The van der Waals surface area contributed by atoms with Crippen molar-refractivity contribution in [1.82, 2.24) is 0 Å². The molecule has 0 saturated heterocycles. The molecule has 0 fully saturated rings. The van der Waals surface area contributed by atoms with Gasteiger partial charge in [-0.15, -0.1) is 0 Å². The molecule has 0 spiro atoms. The molecule has 2 heteroatoms. The highest BCUT2D eigenvalue weighted by atomic mass is 32.2. The van der Waals surface area contributed by atoms with E-state index in [4.69, 9.17) is 5.73 Å². The first kappa shape index (κ1) is 10.0. The molecule has 0 aromatic carbocycles. The zero-order chi connectivity index (χ0) is 7.82. The van der Waals surface area contributed by atoms with Gasteiger partial charge in [-0.3, -0.25) is 0 Å². The Labute approximate surface area is 68.1 Å². The number of unbranched alkanes of at least 4 members (excludes halogenated alkanes) is 1. The first-order valence-corrected chi connectivity index (χ1v) is 4.91. The lowest BCUT2D eigenvalue weighted by Gasteiger charge is -2.00. The molecule has 0 bridgehead atoms. The Kier molecular flexibility index (Phi) is 7.20. The lowest BCUT2D eigenvalue weighted by atomic mass is 10.4. The number of hydrogen-bond acceptors (Lipinski definition) is 2. The molecule has 0 aliphatic heterocycles. The van der Waals surface area contributed by atoms with Gasteiger partial charge in [0.05, 0.1) is 0 Å². The van der Waals surface area contributed by atoms with Crippen LogP contribution in [0, 0.1) is 0 Å². The minimum Gasteiger partial charge on any atom is -0.327 e. The smallest absolute Gasteiger partial charge is 0.0153 e. The first-order valence-electron chi connectivity index (χ1n) is 3.75. The highest BCUT2D eigenvalue weighted by molar-refractivity contribution is 7.99. The van der Waals surface area contributed by atoms with E-state index in [0.717, 1.165) is 11.3 Å². The van der Waals surface area contributed by atoms with Crippen LogP contribution in [0.5, 0.6) is 0 Å². The molecule has 10 heavy (non-hydrogen) atoms. The zero-order valence-electron chi connectivity index (χ0n) is 6.73. The van der Waals surface area contributed by atoms with Gasteiger partial charge < -0.3 is 5.73 Å². The highest BCUT2D eigenvalue weighted by Crippen LogP contribution is 2.07. The van der Waals surface area contributed by atoms with Gasteiger partial charge in [0.2, 0.25) is 0 Å². The summed E-state index contributed by atoms with van der Waals surface area (Å²) in [7, 11) is 0. The van der Waals surface area contributed by atoms with Crippen molar-refractivity contribution in [2.24, 2.45) is 5.73 Å². The monoisotopic (exact) mass is 159 g/mol. The average Bonchev–Trinajstić information content (AvgIpc) is 1.98. The topological polar surface area (TPSA) is 26.0 Å². The van der Waals surface area contributed by atoms with Gasteiger partial charge in [0.1, 0.15) is 0 Å². The van der Waals surface area contributed by atoms with E-state index in [-0.39, 0.29) is 0 Å². The van der Waals surface area contributed by atoms with Gasteiger partial charge in [-0.2, -0.15) is 11.8 Å². The van der Waals surface area contributed by atoms with Crippen LogP contribution < -0.4 is 5.73 Å². The number of hydrogen-bond donors (Lipinski definition) is 1. The van der Waals surface area contributed by atoms with E-state index in [1.807, 2.05) is 11.8 Å². The molecule has 0 saturated carbocycles. The fourth-order valence-electron chi connectivity index (χ4n) is 0.522. The van der Waals surface area contributed by atoms with Crippen LogP contribution in [0.15, 0.2) is 12.2 Å². The van der Waals surface area contributed by atoms with E-state index in [9.17, 15) is 0 Å². The van der Waals surface area contributed by atoms with Crippen LogP contribution in [0.4, 0.5) is 0 Å². The molecule has 0 rings (SSSR count). The van der Waals surface area contributed by atoms with Crippen molar-refractivity contribution in [3.05, 3.63) is 12.2 Å². The summed E-state index contributed by atoms with van der Waals surface area (Å²) in [6, 6.07) is 0. The Morgan fingerprint density at radius 1 is 1.60 bits per heavy atom. The summed E-state index contributed by atoms with van der Waals surface area (Å²) in [6.07, 6.45) is 2.59. The van der Waals surface area contributed by atoms with Crippen molar-refractivity contribution in [3.63, 3.8) is 0 Å². The Hall–Kier alpha value is 0.0500. The van der Waals surface area contributed by atoms with Crippen molar-refractivity contribution in [3.8, 4) is 0 Å². The number of thioether (sulfide) groups is 1. The number of rotatable bonds is 6. The lowest BCUT2D eigenvalue weighted by Crippen LogP contribution is -2.03. The van der Waals surface area contributed by atoms with Crippen LogP contribution in [-0.4, -0.2) is 18.1 Å². The minimum absolute atomic E-state index is 0.638. The molecule has 0 unspecified atom stereocenters. The van der Waals surface area contributed by atoms with Gasteiger partial charge in [0.15, 0.2) is 0 Å². The largest absolute Gasteiger partial charge is 0.327 e. The Bertz CT molecular complexity index is 91.3. The molecule has 0 heterocycles. The molecule has 0 radical (unpaired) electrons. The second-order valence-corrected chi connectivity index (χ2v) is 3.47. The SMILES string of the molecule is C=C(CN)CSCCCC. The predicted octanol–water partition coefficient (Wildman–Crippen LogP) is 2.03. The molecule has 0 aromatic heterocycles. The van der Waals surface area contributed by atoms with Gasteiger partial charge in [-0.25, -0.2) is 0 Å². The molecule has 0 atom stereocenters. The normalized spacial score (nSPS) is 9.80. The lowest BCUT2D eigenvalue weighted by molar-refractivity contribution is 0.896. The summed E-state index contributed by atoms with van der Waals surface area (Å²) in [4.78, 5) is 0. The van der Waals surface area contributed by atoms with E-state index < -0.39 is 0 Å². The maximum absolute atomic E-state index is 5.37. The zero-order valence-corrected chi connectivity index (χ0v) is 7.54. The average molecular weight is 159 g/mol. The van der Waals surface area contributed by atoms with Crippen molar-refractivity contribution < 1.29 is 0 Å². The van der Waals surface area contributed by atoms with Crippen LogP contribution in [0.2, 0.25) is 0 Å². The molecule has 2 N–H and O–H groups in total. The fourth-order valence-corrected chi connectivity index (χ4v) is 1.57. The van der Waals surface area contributed by atoms with Crippen LogP contribution in [0.1, 0.15) is 19.8 Å². The quantitative estimate of drug-likeness (QED) is 0.474. The predicted molar refractivity (Wildman–Crippen MR) is 50.4 cm³/mol. The van der Waals surface area contributed by atoms with E-state index >= 15 is 0 Å². The summed E-state index contributed by atoms with van der Waals surface area (Å²) in [5.74, 6) is 2.28. The third-order valence-electron chi connectivity index (χ3n) is 1.24.